The lowest BCUT2D eigenvalue weighted by Gasteiger charge is -2.05. The van der Waals surface area contributed by atoms with Crippen LogP contribution in [-0.2, 0) is 14.8 Å². The third kappa shape index (κ3) is 4.94. The summed E-state index contributed by atoms with van der Waals surface area (Å²) in [6.07, 6.45) is 1.32. The Morgan fingerprint density at radius 2 is 1.77 bits per heavy atom. The van der Waals surface area contributed by atoms with Crippen LogP contribution in [0.5, 0.6) is 5.75 Å². The number of nitrogens with zero attached hydrogens (tertiary/aromatic N) is 1. The fourth-order valence-corrected chi connectivity index (χ4v) is 3.07. The quantitative estimate of drug-likeness (QED) is 0.462. The van der Waals surface area contributed by atoms with Gasteiger partial charge in [0.25, 0.3) is 5.91 Å². The molecule has 1 amide bonds. The second-order valence-electron chi connectivity index (χ2n) is 6.12. The predicted molar refractivity (Wildman–Crippen MR) is 111 cm³/mol. The first-order valence-corrected chi connectivity index (χ1v) is 10.1. The number of rotatable bonds is 6. The van der Waals surface area contributed by atoms with Gasteiger partial charge in [-0.25, -0.2) is 13.6 Å². The molecule has 3 N–H and O–H groups in total. The van der Waals surface area contributed by atoms with Crippen LogP contribution in [0.15, 0.2) is 75.5 Å². The molecule has 3 aromatic rings. The van der Waals surface area contributed by atoms with Crippen LogP contribution in [-0.4, -0.2) is 21.4 Å². The van der Waals surface area contributed by atoms with Gasteiger partial charge >= 0.3 is 0 Å². The Kier molecular flexibility index (Phi) is 6.01. The fraction of sp³-hybridized carbons (Fsp3) is 0.0476. The van der Waals surface area contributed by atoms with Crippen LogP contribution >= 0.6 is 0 Å². The molecule has 152 valence electrons. The summed E-state index contributed by atoms with van der Waals surface area (Å²) >= 11 is 0. The van der Waals surface area contributed by atoms with Gasteiger partial charge in [0.15, 0.2) is 0 Å². The summed E-state index contributed by atoms with van der Waals surface area (Å²) in [7, 11) is -2.24. The number of methoxy groups -OCH3 is 1. The van der Waals surface area contributed by atoms with Crippen molar-refractivity contribution < 1.29 is 22.4 Å². The predicted octanol–water partition coefficient (Wildman–Crippen LogP) is 3.15. The minimum absolute atomic E-state index is 0.0140. The van der Waals surface area contributed by atoms with E-state index in [9.17, 15) is 18.5 Å². The van der Waals surface area contributed by atoms with Crippen molar-refractivity contribution in [2.45, 2.75) is 4.90 Å². The maximum atomic E-state index is 12.4. The van der Waals surface area contributed by atoms with Crippen LogP contribution < -0.4 is 15.2 Å². The van der Waals surface area contributed by atoms with Crippen molar-refractivity contribution in [1.82, 2.24) is 0 Å². The standard InChI is InChI=1S/C21H17N3O5S/c1-28-17-6-4-16(5-7-17)24-21(25)15(13-22)12-18-8-11-20(29-18)14-2-9-19(10-3-14)30(23,26)27/h2-12H,1H3,(H,24,25)(H2,23,26,27). The van der Waals surface area contributed by atoms with Crippen molar-refractivity contribution in [3.05, 3.63) is 72.0 Å². The first kappa shape index (κ1) is 20.9. The number of nitrogens with one attached hydrogen (secondary N) is 1. The SMILES string of the molecule is COc1ccc(NC(=O)C(C#N)=Cc2ccc(-c3ccc(S(N)(=O)=O)cc3)o2)cc1. The lowest BCUT2D eigenvalue weighted by atomic mass is 10.2. The third-order valence-corrected chi connectivity index (χ3v) is 5.02. The van der Waals surface area contributed by atoms with E-state index < -0.39 is 15.9 Å². The third-order valence-electron chi connectivity index (χ3n) is 4.09. The highest BCUT2D eigenvalue weighted by molar-refractivity contribution is 7.89. The number of amides is 1. The van der Waals surface area contributed by atoms with Crippen LogP contribution in [0.3, 0.4) is 0 Å². The molecule has 0 saturated carbocycles. The number of ether oxygens (including phenoxy) is 1. The molecular formula is C21H17N3O5S. The van der Waals surface area contributed by atoms with Gasteiger partial charge < -0.3 is 14.5 Å². The van der Waals surface area contributed by atoms with E-state index in [2.05, 4.69) is 5.32 Å². The molecule has 0 aliphatic heterocycles. The smallest absolute Gasteiger partial charge is 0.266 e. The molecule has 30 heavy (non-hydrogen) atoms. The highest BCUT2D eigenvalue weighted by atomic mass is 32.2. The second-order valence-corrected chi connectivity index (χ2v) is 7.69. The van der Waals surface area contributed by atoms with Crippen LogP contribution in [0.1, 0.15) is 5.76 Å². The largest absolute Gasteiger partial charge is 0.497 e. The molecule has 0 fully saturated rings. The van der Waals surface area contributed by atoms with Gasteiger partial charge in [-0.15, -0.1) is 0 Å². The number of primary sulfonamides is 1. The fourth-order valence-electron chi connectivity index (χ4n) is 2.56. The number of furan rings is 1. The molecule has 1 heterocycles. The zero-order valence-corrected chi connectivity index (χ0v) is 16.6. The zero-order valence-electron chi connectivity index (χ0n) is 15.8. The molecule has 2 aromatic carbocycles. The van der Waals surface area contributed by atoms with Crippen molar-refractivity contribution in [2.24, 2.45) is 5.14 Å². The molecule has 0 spiro atoms. The number of carbonyl (C=O) groups excluding carboxylic acids is 1. The number of hydrogen-bond acceptors (Lipinski definition) is 6. The number of nitrogens with two attached hydrogens (primary N) is 1. The molecule has 1 aromatic heterocycles. The molecule has 0 saturated heterocycles. The molecule has 0 bridgehead atoms. The van der Waals surface area contributed by atoms with E-state index in [1.807, 2.05) is 6.07 Å². The summed E-state index contributed by atoms with van der Waals surface area (Å²) in [5.41, 5.74) is 0.983. The summed E-state index contributed by atoms with van der Waals surface area (Å²) in [6, 6.07) is 17.6. The molecule has 0 aliphatic carbocycles. The Hall–Kier alpha value is -3.87. The van der Waals surface area contributed by atoms with Gasteiger partial charge in [0.1, 0.15) is 28.9 Å². The maximum absolute atomic E-state index is 12.4. The van der Waals surface area contributed by atoms with E-state index in [-0.39, 0.29) is 10.5 Å². The van der Waals surface area contributed by atoms with Gasteiger partial charge in [0.05, 0.1) is 12.0 Å². The molecule has 0 aliphatic rings. The van der Waals surface area contributed by atoms with Gasteiger partial charge in [-0.05, 0) is 60.7 Å². The van der Waals surface area contributed by atoms with Crippen molar-refractivity contribution in [3.63, 3.8) is 0 Å². The second kappa shape index (κ2) is 8.65. The van der Waals surface area contributed by atoms with Crippen LogP contribution in [0.25, 0.3) is 17.4 Å². The first-order chi connectivity index (χ1) is 14.3. The monoisotopic (exact) mass is 423 g/mol. The van der Waals surface area contributed by atoms with Gasteiger partial charge in [-0.2, -0.15) is 5.26 Å². The van der Waals surface area contributed by atoms with E-state index in [0.717, 1.165) is 0 Å². The molecular weight excluding hydrogens is 406 g/mol. The van der Waals surface area contributed by atoms with Crippen molar-refractivity contribution >= 4 is 27.7 Å². The molecule has 8 nitrogen and oxygen atoms in total. The highest BCUT2D eigenvalue weighted by Gasteiger charge is 2.13. The summed E-state index contributed by atoms with van der Waals surface area (Å²) in [6.45, 7) is 0. The number of nitriles is 1. The van der Waals surface area contributed by atoms with Gasteiger partial charge in [0, 0.05) is 17.3 Å². The van der Waals surface area contributed by atoms with E-state index in [4.69, 9.17) is 14.3 Å². The van der Waals surface area contributed by atoms with Crippen LogP contribution in [0.2, 0.25) is 0 Å². The minimum atomic E-state index is -3.78. The van der Waals surface area contributed by atoms with E-state index in [1.165, 1.54) is 25.3 Å². The normalized spacial score (nSPS) is 11.6. The molecule has 0 atom stereocenters. The number of anilines is 1. The lowest BCUT2D eigenvalue weighted by molar-refractivity contribution is -0.112. The molecule has 0 unspecified atom stereocenters. The molecule has 0 radical (unpaired) electrons. The Morgan fingerprint density at radius 1 is 1.10 bits per heavy atom. The van der Waals surface area contributed by atoms with Gasteiger partial charge in [0.2, 0.25) is 10.0 Å². The highest BCUT2D eigenvalue weighted by Crippen LogP contribution is 2.25. The van der Waals surface area contributed by atoms with Crippen LogP contribution in [0.4, 0.5) is 5.69 Å². The summed E-state index contributed by atoms with van der Waals surface area (Å²) in [5, 5.41) is 17.1. The summed E-state index contributed by atoms with van der Waals surface area (Å²) in [5.74, 6) is 0.791. The Morgan fingerprint density at radius 3 is 2.33 bits per heavy atom. The average Bonchev–Trinajstić information content (AvgIpc) is 3.20. The zero-order chi connectivity index (χ0) is 21.7. The van der Waals surface area contributed by atoms with E-state index >= 15 is 0 Å². The molecule has 9 heteroatoms. The van der Waals surface area contributed by atoms with E-state index in [1.54, 1.807) is 48.5 Å². The van der Waals surface area contributed by atoms with Gasteiger partial charge in [-0.1, -0.05) is 0 Å². The number of hydrogen-bond donors (Lipinski definition) is 2. The average molecular weight is 423 g/mol. The van der Waals surface area contributed by atoms with E-state index in [0.29, 0.717) is 28.5 Å². The first-order valence-electron chi connectivity index (χ1n) is 8.60. The topological polar surface area (TPSA) is 135 Å². The Bertz CT molecular complexity index is 1240. The number of sulfonamides is 1. The Labute approximate surface area is 173 Å². The summed E-state index contributed by atoms with van der Waals surface area (Å²) < 4.78 is 33.4. The van der Waals surface area contributed by atoms with Crippen molar-refractivity contribution in [1.29, 1.82) is 5.26 Å². The van der Waals surface area contributed by atoms with Crippen molar-refractivity contribution in [2.75, 3.05) is 12.4 Å². The maximum Gasteiger partial charge on any atom is 0.266 e. The number of benzene rings is 2. The summed E-state index contributed by atoms with van der Waals surface area (Å²) in [4.78, 5) is 12.4. The van der Waals surface area contributed by atoms with Crippen molar-refractivity contribution in [3.8, 4) is 23.1 Å². The van der Waals surface area contributed by atoms with Gasteiger partial charge in [-0.3, -0.25) is 4.79 Å². The minimum Gasteiger partial charge on any atom is -0.497 e. The number of carbonyl (C=O) groups is 1. The lowest BCUT2D eigenvalue weighted by Crippen LogP contribution is -2.13. The Balaban J connectivity index is 1.77. The molecule has 3 rings (SSSR count). The van der Waals surface area contributed by atoms with Crippen LogP contribution in [0, 0.1) is 11.3 Å².